The molecular weight excluding hydrogens is 344 g/mol. The summed E-state index contributed by atoms with van der Waals surface area (Å²) in [4.78, 5) is 16.8. The second kappa shape index (κ2) is 9.84. The SMILES string of the molecule is CN=C(C=CN)C1=CC(NC(=O)c2cc(C(C)C)[nH]n2)=CCC1OCCN. The topological polar surface area (TPSA) is 131 Å². The van der Waals surface area contributed by atoms with Gasteiger partial charge in [0.05, 0.1) is 18.4 Å². The molecule has 6 N–H and O–H groups in total. The van der Waals surface area contributed by atoms with E-state index >= 15 is 0 Å². The fourth-order valence-corrected chi connectivity index (χ4v) is 2.71. The molecule has 8 heteroatoms. The van der Waals surface area contributed by atoms with Crippen LogP contribution in [0.15, 0.2) is 46.8 Å². The van der Waals surface area contributed by atoms with Gasteiger partial charge in [-0.25, -0.2) is 0 Å². The summed E-state index contributed by atoms with van der Waals surface area (Å²) >= 11 is 0. The van der Waals surface area contributed by atoms with Gasteiger partial charge in [0.1, 0.15) is 0 Å². The molecule has 8 nitrogen and oxygen atoms in total. The molecule has 146 valence electrons. The number of aromatic amines is 1. The second-order valence-corrected chi connectivity index (χ2v) is 6.43. The molecule has 0 aromatic carbocycles. The first-order chi connectivity index (χ1) is 13.0. The van der Waals surface area contributed by atoms with Gasteiger partial charge in [-0.3, -0.25) is 14.9 Å². The summed E-state index contributed by atoms with van der Waals surface area (Å²) in [5.74, 6) is -0.00282. The van der Waals surface area contributed by atoms with E-state index in [-0.39, 0.29) is 17.9 Å². The Balaban J connectivity index is 2.19. The number of aliphatic imine (C=N–C) groups is 1. The van der Waals surface area contributed by atoms with E-state index in [9.17, 15) is 4.79 Å². The van der Waals surface area contributed by atoms with E-state index in [1.807, 2.05) is 26.0 Å². The number of carbonyl (C=O) groups is 1. The van der Waals surface area contributed by atoms with Crippen molar-refractivity contribution in [3.63, 3.8) is 0 Å². The van der Waals surface area contributed by atoms with E-state index in [4.69, 9.17) is 16.2 Å². The molecule has 1 amide bonds. The third-order valence-corrected chi connectivity index (χ3v) is 4.15. The lowest BCUT2D eigenvalue weighted by atomic mass is 9.95. The van der Waals surface area contributed by atoms with Crippen LogP contribution in [0.1, 0.15) is 42.4 Å². The van der Waals surface area contributed by atoms with Crippen molar-refractivity contribution in [3.05, 3.63) is 53.2 Å². The Morgan fingerprint density at radius 2 is 2.33 bits per heavy atom. The van der Waals surface area contributed by atoms with Gasteiger partial charge >= 0.3 is 0 Å². The summed E-state index contributed by atoms with van der Waals surface area (Å²) in [5.41, 5.74) is 14.6. The molecule has 0 spiro atoms. The highest BCUT2D eigenvalue weighted by atomic mass is 16.5. The van der Waals surface area contributed by atoms with Crippen LogP contribution in [0.5, 0.6) is 0 Å². The standard InChI is InChI=1S/C19H28N6O2/c1-12(2)16-11-17(25-24-16)19(26)23-13-4-5-18(27-9-8-21)14(10-13)15(22-3)6-7-20/h4,6-7,10-12,18H,5,8-9,20-21H2,1-3H3,(H,23,26)(H,24,25). The predicted molar refractivity (Wildman–Crippen MR) is 106 cm³/mol. The van der Waals surface area contributed by atoms with Crippen molar-refractivity contribution in [2.75, 3.05) is 20.2 Å². The van der Waals surface area contributed by atoms with Crippen molar-refractivity contribution in [2.45, 2.75) is 32.3 Å². The Hall–Kier alpha value is -2.71. The minimum atomic E-state index is -0.273. The number of nitrogens with two attached hydrogens (primary N) is 2. The van der Waals surface area contributed by atoms with Crippen molar-refractivity contribution in [2.24, 2.45) is 16.5 Å². The number of amides is 1. The van der Waals surface area contributed by atoms with E-state index in [2.05, 4.69) is 20.5 Å². The van der Waals surface area contributed by atoms with E-state index in [0.29, 0.717) is 36.7 Å². The Morgan fingerprint density at radius 3 is 2.93 bits per heavy atom. The fraction of sp³-hybridized carbons (Fsp3) is 0.421. The molecule has 2 rings (SSSR count). The number of nitrogens with one attached hydrogen (secondary N) is 2. The first-order valence-corrected chi connectivity index (χ1v) is 8.95. The van der Waals surface area contributed by atoms with Gasteiger partial charge in [-0.15, -0.1) is 0 Å². The monoisotopic (exact) mass is 372 g/mol. The average Bonchev–Trinajstić information content (AvgIpc) is 3.16. The molecule has 1 aromatic heterocycles. The number of hydrogen-bond donors (Lipinski definition) is 4. The summed E-state index contributed by atoms with van der Waals surface area (Å²) in [6, 6.07) is 1.76. The zero-order valence-corrected chi connectivity index (χ0v) is 16.0. The number of carbonyl (C=O) groups excluding carboxylic acids is 1. The lowest BCUT2D eigenvalue weighted by Crippen LogP contribution is -2.30. The molecule has 0 aliphatic heterocycles. The maximum absolute atomic E-state index is 12.5. The zero-order chi connectivity index (χ0) is 19.8. The van der Waals surface area contributed by atoms with Gasteiger partial charge in [-0.05, 0) is 36.8 Å². The molecule has 1 heterocycles. The van der Waals surface area contributed by atoms with E-state index in [1.165, 1.54) is 6.20 Å². The van der Waals surface area contributed by atoms with Gasteiger partial charge in [0, 0.05) is 30.6 Å². The minimum Gasteiger partial charge on any atom is -0.405 e. The van der Waals surface area contributed by atoms with Crippen LogP contribution in [0, 0.1) is 0 Å². The Bertz CT molecular complexity index is 773. The number of H-pyrrole nitrogens is 1. The summed E-state index contributed by atoms with van der Waals surface area (Å²) in [6.45, 7) is 4.93. The van der Waals surface area contributed by atoms with Crippen molar-refractivity contribution in [1.29, 1.82) is 0 Å². The van der Waals surface area contributed by atoms with Gasteiger partial charge in [0.2, 0.25) is 0 Å². The fourth-order valence-electron chi connectivity index (χ4n) is 2.71. The Morgan fingerprint density at radius 1 is 1.56 bits per heavy atom. The molecule has 1 aromatic rings. The minimum absolute atomic E-state index is 0.193. The van der Waals surface area contributed by atoms with Crippen LogP contribution in [0.3, 0.4) is 0 Å². The smallest absolute Gasteiger partial charge is 0.276 e. The van der Waals surface area contributed by atoms with Gasteiger partial charge < -0.3 is 21.5 Å². The van der Waals surface area contributed by atoms with Gasteiger partial charge in [0.15, 0.2) is 5.69 Å². The zero-order valence-electron chi connectivity index (χ0n) is 16.0. The Kier molecular flexibility index (Phi) is 7.51. The van der Waals surface area contributed by atoms with Gasteiger partial charge in [-0.1, -0.05) is 19.9 Å². The molecule has 0 saturated carbocycles. The molecule has 1 atom stereocenters. The summed E-state index contributed by atoms with van der Waals surface area (Å²) in [7, 11) is 1.68. The molecular formula is C19H28N6O2. The summed E-state index contributed by atoms with van der Waals surface area (Å²) in [6.07, 6.45) is 7.30. The summed E-state index contributed by atoms with van der Waals surface area (Å²) in [5, 5.41) is 9.86. The molecule has 0 saturated heterocycles. The molecule has 27 heavy (non-hydrogen) atoms. The number of rotatable bonds is 8. The van der Waals surface area contributed by atoms with Crippen LogP contribution < -0.4 is 16.8 Å². The number of allylic oxidation sites excluding steroid dienone is 2. The van der Waals surface area contributed by atoms with Crippen molar-refractivity contribution < 1.29 is 9.53 Å². The number of hydrogen-bond acceptors (Lipinski definition) is 6. The van der Waals surface area contributed by atoms with Crippen molar-refractivity contribution in [3.8, 4) is 0 Å². The van der Waals surface area contributed by atoms with Crippen LogP contribution in [0.4, 0.5) is 0 Å². The normalized spacial score (nSPS) is 18.0. The molecule has 1 aliphatic rings. The van der Waals surface area contributed by atoms with Crippen LogP contribution in [-0.2, 0) is 4.74 Å². The lowest BCUT2D eigenvalue weighted by molar-refractivity contribution is 0.0875. The Labute approximate surface area is 159 Å². The van der Waals surface area contributed by atoms with Crippen molar-refractivity contribution in [1.82, 2.24) is 15.5 Å². The largest absolute Gasteiger partial charge is 0.405 e. The van der Waals surface area contributed by atoms with E-state index in [1.54, 1.807) is 19.2 Å². The molecule has 0 fully saturated rings. The van der Waals surface area contributed by atoms with Crippen LogP contribution in [-0.4, -0.2) is 48.1 Å². The quantitative estimate of drug-likeness (QED) is 0.512. The van der Waals surface area contributed by atoms with Gasteiger partial charge in [-0.2, -0.15) is 5.10 Å². The predicted octanol–water partition coefficient (Wildman–Crippen LogP) is 1.36. The number of nitrogens with zero attached hydrogens (tertiary/aromatic N) is 2. The van der Waals surface area contributed by atoms with E-state index in [0.717, 1.165) is 11.3 Å². The first kappa shape index (κ1) is 20.6. The molecule has 1 unspecified atom stereocenters. The molecule has 0 bridgehead atoms. The molecule has 1 aliphatic carbocycles. The van der Waals surface area contributed by atoms with Crippen LogP contribution in [0.2, 0.25) is 0 Å². The number of aromatic nitrogens is 2. The summed E-state index contributed by atoms with van der Waals surface area (Å²) < 4.78 is 5.82. The van der Waals surface area contributed by atoms with E-state index < -0.39 is 0 Å². The highest BCUT2D eigenvalue weighted by molar-refractivity contribution is 6.09. The van der Waals surface area contributed by atoms with Crippen molar-refractivity contribution >= 4 is 11.6 Å². The highest BCUT2D eigenvalue weighted by Gasteiger charge is 2.23. The lowest BCUT2D eigenvalue weighted by Gasteiger charge is -2.24. The van der Waals surface area contributed by atoms with Gasteiger partial charge in [0.25, 0.3) is 5.91 Å². The third kappa shape index (κ3) is 5.38. The first-order valence-electron chi connectivity index (χ1n) is 8.95. The third-order valence-electron chi connectivity index (χ3n) is 4.15. The average molecular weight is 372 g/mol. The maximum Gasteiger partial charge on any atom is 0.276 e. The number of ether oxygens (including phenoxy) is 1. The highest BCUT2D eigenvalue weighted by Crippen LogP contribution is 2.22. The molecule has 0 radical (unpaired) electrons. The second-order valence-electron chi connectivity index (χ2n) is 6.43. The maximum atomic E-state index is 12.5. The van der Waals surface area contributed by atoms with Crippen LogP contribution in [0.25, 0.3) is 0 Å². The van der Waals surface area contributed by atoms with Crippen LogP contribution >= 0.6 is 0 Å².